The molecule has 0 radical (unpaired) electrons. The van der Waals surface area contributed by atoms with Crippen LogP contribution in [0.15, 0.2) is 64.2 Å². The molecule has 0 aliphatic carbocycles. The summed E-state index contributed by atoms with van der Waals surface area (Å²) >= 11 is 7.80. The number of hydrogen-bond acceptors (Lipinski definition) is 13. The van der Waals surface area contributed by atoms with Crippen LogP contribution in [0.5, 0.6) is 0 Å². The Morgan fingerprint density at radius 3 is 2.25 bits per heavy atom. The van der Waals surface area contributed by atoms with Crippen molar-refractivity contribution in [3.63, 3.8) is 0 Å². The third-order valence-corrected chi connectivity index (χ3v) is 14.5. The Hall–Kier alpha value is -5.43. The molecule has 18 heteroatoms. The van der Waals surface area contributed by atoms with Crippen molar-refractivity contribution in [1.29, 1.82) is 0 Å². The zero-order chi connectivity index (χ0) is 55.2. The Morgan fingerprint density at radius 1 is 0.973 bits per heavy atom. The first kappa shape index (κ1) is 62.1. The third kappa shape index (κ3) is 18.4. The summed E-state index contributed by atoms with van der Waals surface area (Å²) in [5.41, 5.74) is 8.87. The molecule has 75 heavy (non-hydrogen) atoms. The average molecular weight is 1070 g/mol. The van der Waals surface area contributed by atoms with E-state index in [1.165, 1.54) is 39.6 Å². The van der Waals surface area contributed by atoms with E-state index in [0.717, 1.165) is 77.4 Å². The van der Waals surface area contributed by atoms with Crippen molar-refractivity contribution in [1.82, 2.24) is 40.9 Å². The van der Waals surface area contributed by atoms with Crippen molar-refractivity contribution >= 4 is 64.4 Å². The monoisotopic (exact) mass is 1070 g/mol. The predicted octanol–water partition coefficient (Wildman–Crippen LogP) is 8.63. The van der Waals surface area contributed by atoms with E-state index in [2.05, 4.69) is 86.1 Å². The van der Waals surface area contributed by atoms with Gasteiger partial charge in [0.2, 0.25) is 17.7 Å². The van der Waals surface area contributed by atoms with Gasteiger partial charge in [-0.2, -0.15) is 0 Å². The number of piperidine rings is 1. The number of aldehydes is 1. The number of allylic oxidation sites excluding steroid dienone is 2. The normalized spacial score (nSPS) is 17.8. The molecular formula is C57H83ClN10O6S. The molecule has 3 unspecified atom stereocenters. The fourth-order valence-electron chi connectivity index (χ4n) is 8.94. The summed E-state index contributed by atoms with van der Waals surface area (Å²) in [7, 11) is 1.96. The van der Waals surface area contributed by atoms with Crippen molar-refractivity contribution in [3.8, 4) is 5.00 Å². The van der Waals surface area contributed by atoms with Crippen molar-refractivity contribution in [2.45, 2.75) is 128 Å². The van der Waals surface area contributed by atoms with Gasteiger partial charge in [0.1, 0.15) is 36.3 Å². The number of ether oxygens (including phenoxy) is 2. The number of aliphatic imine (C=N–C) groups is 2. The minimum atomic E-state index is -0.723. The van der Waals surface area contributed by atoms with Crippen LogP contribution in [0.3, 0.4) is 0 Å². The number of hydrogen-bond donors (Lipinski definition) is 4. The van der Waals surface area contributed by atoms with E-state index in [-0.39, 0.29) is 30.2 Å². The molecule has 5 heterocycles. The molecule has 3 amide bonds. The number of aryl methyl sites for hydroxylation is 2. The number of rotatable bonds is 17. The van der Waals surface area contributed by atoms with Crippen LogP contribution in [0.4, 0.5) is 0 Å². The van der Waals surface area contributed by atoms with Gasteiger partial charge in [-0.3, -0.25) is 28.9 Å². The predicted molar refractivity (Wildman–Crippen MR) is 304 cm³/mol. The standard InChI is InChI=1S/C24H42N4O6.C17H15ClN4S.C14H20N2.C2H6/c1-17(30)26-7-9-33-14-18-10-19(12-25-11-18)15-34-16-21(31)27-22(24(2,3)4)23(32)28-8-5-6-20(28)13-29;1-9-10(2)23-17-15(9)16(12-4-6-13(18)7-5-12)19-8-14-21-20-11(3)22(14)17;1-5-16-12(3)11(2)14-8-6-13(7-9-14)10-15-4;1-2/h13,18-20,22,25H,5-12,14-16H2,1-4H3,(H,26,30)(H,27,31);4-7H,8H2,1-3H3;5-9,15H,10H2,1-4H3;1-2H3/b;;12-11+,16-5?;/t18?,19?,20-,22?;;;/m0.../s1. The van der Waals surface area contributed by atoms with Crippen LogP contribution in [0.2, 0.25) is 5.02 Å². The van der Waals surface area contributed by atoms with Gasteiger partial charge in [-0.1, -0.05) is 82.6 Å². The van der Waals surface area contributed by atoms with Crippen LogP contribution in [-0.4, -0.2) is 127 Å². The van der Waals surface area contributed by atoms with Gasteiger partial charge in [-0.15, -0.1) is 21.5 Å². The number of nitrogens with zero attached hydrogens (tertiary/aromatic N) is 6. The van der Waals surface area contributed by atoms with Crippen molar-refractivity contribution in [2.75, 3.05) is 59.7 Å². The number of nitrogens with one attached hydrogen (secondary N) is 4. The van der Waals surface area contributed by atoms with E-state index < -0.39 is 17.5 Å². The lowest BCUT2D eigenvalue weighted by molar-refractivity contribution is -0.142. The quantitative estimate of drug-likeness (QED) is 0.0452. The molecule has 2 aromatic heterocycles. The molecule has 2 aromatic carbocycles. The lowest BCUT2D eigenvalue weighted by Crippen LogP contribution is -2.56. The molecule has 4 atom stereocenters. The van der Waals surface area contributed by atoms with Crippen molar-refractivity contribution in [2.24, 2.45) is 27.2 Å². The zero-order valence-corrected chi connectivity index (χ0v) is 48.3. The fourth-order valence-corrected chi connectivity index (χ4v) is 10.3. The lowest BCUT2D eigenvalue weighted by atomic mass is 9.85. The summed E-state index contributed by atoms with van der Waals surface area (Å²) in [5.74, 6) is 1.78. The van der Waals surface area contributed by atoms with E-state index >= 15 is 0 Å². The van der Waals surface area contributed by atoms with Gasteiger partial charge in [0, 0.05) is 72.6 Å². The summed E-state index contributed by atoms with van der Waals surface area (Å²) in [4.78, 5) is 59.9. The van der Waals surface area contributed by atoms with Crippen LogP contribution in [-0.2, 0) is 41.7 Å². The first-order valence-corrected chi connectivity index (χ1v) is 27.4. The van der Waals surface area contributed by atoms with Crippen LogP contribution >= 0.6 is 22.9 Å². The molecular weight excluding hydrogens is 988 g/mol. The van der Waals surface area contributed by atoms with E-state index in [0.29, 0.717) is 51.8 Å². The Kier molecular flexibility index (Phi) is 25.6. The Morgan fingerprint density at radius 2 is 1.64 bits per heavy atom. The number of carbonyl (C=O) groups is 4. The number of halogens is 1. The number of likely N-dealkylation sites (tertiary alicyclic amines) is 1. The Balaban J connectivity index is 0.000000256. The Bertz CT molecular complexity index is 2570. The summed E-state index contributed by atoms with van der Waals surface area (Å²) in [6.07, 6.45) is 5.03. The number of fused-ring (bicyclic) bond motifs is 3. The second-order valence-corrected chi connectivity index (χ2v) is 21.5. The first-order chi connectivity index (χ1) is 35.9. The molecule has 2 saturated heterocycles. The molecule has 4 aromatic rings. The zero-order valence-electron chi connectivity index (χ0n) is 46.7. The number of thiophene rings is 1. The van der Waals surface area contributed by atoms with Gasteiger partial charge in [-0.05, 0) is 119 Å². The smallest absolute Gasteiger partial charge is 0.246 e. The van der Waals surface area contributed by atoms with Crippen LogP contribution in [0.1, 0.15) is 126 Å². The van der Waals surface area contributed by atoms with Crippen molar-refractivity contribution < 1.29 is 28.7 Å². The van der Waals surface area contributed by atoms with E-state index in [9.17, 15) is 19.2 Å². The summed E-state index contributed by atoms with van der Waals surface area (Å²) < 4.78 is 13.5. The minimum absolute atomic E-state index is 0.0661. The number of aromatic nitrogens is 3. The first-order valence-electron chi connectivity index (χ1n) is 26.2. The topological polar surface area (TPSA) is 194 Å². The van der Waals surface area contributed by atoms with Crippen molar-refractivity contribution in [3.05, 3.63) is 104 Å². The second kappa shape index (κ2) is 31.0. The van der Waals surface area contributed by atoms with E-state index in [1.807, 2.05) is 92.9 Å². The molecule has 0 saturated carbocycles. The molecule has 16 nitrogen and oxygen atoms in total. The maximum Gasteiger partial charge on any atom is 0.246 e. The Labute approximate surface area is 455 Å². The molecule has 2 fully saturated rings. The largest absolute Gasteiger partial charge is 0.379 e. The van der Waals surface area contributed by atoms with Gasteiger partial charge >= 0.3 is 0 Å². The highest BCUT2D eigenvalue weighted by Crippen LogP contribution is 2.36. The lowest BCUT2D eigenvalue weighted by Gasteiger charge is -2.34. The number of benzene rings is 2. The van der Waals surface area contributed by atoms with Gasteiger partial charge in [-0.25, -0.2) is 0 Å². The highest BCUT2D eigenvalue weighted by atomic mass is 35.5. The SMILES string of the molecule is CC.CC(=O)NCCOCC1CNCC(COCC(=O)NC(C(=O)N2CCC[C@H]2C=O)C(C)(C)C)C1.CC=N/C(C)=C(\C)c1ccc(CNC)cc1.Cc1sc2c(c1C)C(c1ccc(Cl)cc1)=NCc1nnc(C)n1-2. The number of carbonyl (C=O) groups excluding carboxylic acids is 4. The summed E-state index contributed by atoms with van der Waals surface area (Å²) in [6.45, 7) is 29.1. The van der Waals surface area contributed by atoms with Gasteiger partial charge in [0.05, 0.1) is 31.6 Å². The molecule has 3 aliphatic heterocycles. The summed E-state index contributed by atoms with van der Waals surface area (Å²) in [6, 6.07) is 15.3. The summed E-state index contributed by atoms with van der Waals surface area (Å²) in [5, 5.41) is 22.5. The highest BCUT2D eigenvalue weighted by Gasteiger charge is 2.39. The molecule has 0 spiro atoms. The van der Waals surface area contributed by atoms with E-state index in [4.69, 9.17) is 26.1 Å². The van der Waals surface area contributed by atoms with E-state index in [1.54, 1.807) is 16.2 Å². The van der Waals surface area contributed by atoms with Crippen LogP contribution in [0, 0.1) is 38.0 Å². The average Bonchev–Trinajstić information content (AvgIpc) is 4.07. The van der Waals surface area contributed by atoms with Gasteiger partial charge in [0.15, 0.2) is 5.82 Å². The van der Waals surface area contributed by atoms with Crippen LogP contribution < -0.4 is 21.3 Å². The maximum absolute atomic E-state index is 13.1. The number of amides is 3. The maximum atomic E-state index is 13.1. The second-order valence-electron chi connectivity index (χ2n) is 19.9. The van der Waals surface area contributed by atoms with Gasteiger partial charge < -0.3 is 40.4 Å². The molecule has 7 rings (SSSR count). The third-order valence-electron chi connectivity index (χ3n) is 13.1. The molecule has 4 N–H and O–H groups in total. The van der Waals surface area contributed by atoms with Gasteiger partial charge in [0.25, 0.3) is 0 Å². The molecule has 0 bridgehead atoms. The van der Waals surface area contributed by atoms with Crippen LogP contribution in [0.25, 0.3) is 10.6 Å². The fraction of sp³-hybridized carbons (Fsp3) is 0.544. The highest BCUT2D eigenvalue weighted by molar-refractivity contribution is 7.15. The molecule has 410 valence electrons. The minimum Gasteiger partial charge on any atom is -0.379 e. The molecule has 3 aliphatic rings.